The lowest BCUT2D eigenvalue weighted by Crippen LogP contribution is -2.21. The van der Waals surface area contributed by atoms with Gasteiger partial charge in [-0.15, -0.1) is 0 Å². The lowest BCUT2D eigenvalue weighted by Gasteiger charge is -2.26. The molecule has 0 aliphatic heterocycles. The Morgan fingerprint density at radius 3 is 2.10 bits per heavy atom. The quantitative estimate of drug-likeness (QED) is 0.589. The molecule has 2 unspecified atom stereocenters. The van der Waals surface area contributed by atoms with Gasteiger partial charge in [-0.25, -0.2) is 0 Å². The van der Waals surface area contributed by atoms with Crippen LogP contribution in [0, 0.1) is 22.7 Å². The van der Waals surface area contributed by atoms with Crippen LogP contribution >= 0.6 is 0 Å². The van der Waals surface area contributed by atoms with Gasteiger partial charge in [0.05, 0.1) is 11.5 Å². The first-order chi connectivity index (χ1) is 4.60. The molecule has 0 aliphatic rings. The van der Waals surface area contributed by atoms with Crippen LogP contribution in [-0.4, -0.2) is 0 Å². The number of hydrogen-bond donors (Lipinski definition) is 0. The zero-order valence-corrected chi connectivity index (χ0v) is 7.44. The van der Waals surface area contributed by atoms with Gasteiger partial charge in [0, 0.05) is 0 Å². The lowest BCUT2D eigenvalue weighted by molar-refractivity contribution is 0.269. The maximum atomic E-state index is 8.84. The van der Waals surface area contributed by atoms with Crippen LogP contribution in [0.5, 0.6) is 0 Å². The Bertz CT molecular complexity index is 134. The van der Waals surface area contributed by atoms with E-state index in [0.29, 0.717) is 5.92 Å². The van der Waals surface area contributed by atoms with E-state index in [1.165, 1.54) is 0 Å². The second kappa shape index (κ2) is 3.61. The first kappa shape index (κ1) is 9.49. The largest absolute Gasteiger partial charge is 0.198 e. The molecule has 0 aromatic carbocycles. The van der Waals surface area contributed by atoms with E-state index in [9.17, 15) is 0 Å². The fourth-order valence-corrected chi connectivity index (χ4v) is 0.988. The van der Waals surface area contributed by atoms with Gasteiger partial charge in [-0.1, -0.05) is 27.2 Å². The molecule has 0 saturated carbocycles. The highest BCUT2D eigenvalue weighted by atomic mass is 14.4. The molecule has 0 spiro atoms. The van der Waals surface area contributed by atoms with Gasteiger partial charge in [0.15, 0.2) is 0 Å². The average molecular weight is 139 g/mol. The molecule has 0 saturated heterocycles. The van der Waals surface area contributed by atoms with Crippen molar-refractivity contribution in [1.82, 2.24) is 0 Å². The molecule has 58 valence electrons. The third-order valence-electron chi connectivity index (χ3n) is 2.69. The van der Waals surface area contributed by atoms with Crippen molar-refractivity contribution < 1.29 is 0 Å². The molecule has 0 bridgehead atoms. The number of nitriles is 1. The number of hydrogen-bond acceptors (Lipinski definition) is 1. The fraction of sp³-hybridized carbons (Fsp3) is 0.889. The molecular weight excluding hydrogens is 122 g/mol. The van der Waals surface area contributed by atoms with Gasteiger partial charge in [0.1, 0.15) is 0 Å². The van der Waals surface area contributed by atoms with Crippen LogP contribution in [0.25, 0.3) is 0 Å². The van der Waals surface area contributed by atoms with Crippen molar-refractivity contribution >= 4 is 0 Å². The zero-order chi connectivity index (χ0) is 8.20. The fourth-order valence-electron chi connectivity index (χ4n) is 0.988. The van der Waals surface area contributed by atoms with Crippen LogP contribution < -0.4 is 0 Å². The normalized spacial score (nSPS) is 19.1. The number of nitrogens with zero attached hydrogens (tertiary/aromatic N) is 1. The van der Waals surface area contributed by atoms with Gasteiger partial charge in [0.25, 0.3) is 0 Å². The van der Waals surface area contributed by atoms with Gasteiger partial charge in [0.2, 0.25) is 0 Å². The maximum Gasteiger partial charge on any atom is 0.0689 e. The highest BCUT2D eigenvalue weighted by molar-refractivity contribution is 4.97. The minimum absolute atomic E-state index is 0.102. The summed E-state index contributed by atoms with van der Waals surface area (Å²) in [6.45, 7) is 8.40. The Hall–Kier alpha value is -0.510. The Labute approximate surface area is 64.1 Å². The van der Waals surface area contributed by atoms with E-state index < -0.39 is 0 Å². The average Bonchev–Trinajstić information content (AvgIpc) is 2.01. The van der Waals surface area contributed by atoms with E-state index in [0.717, 1.165) is 12.8 Å². The van der Waals surface area contributed by atoms with E-state index in [4.69, 9.17) is 5.26 Å². The molecule has 0 aromatic heterocycles. The summed E-state index contributed by atoms with van der Waals surface area (Å²) >= 11 is 0. The van der Waals surface area contributed by atoms with Crippen LogP contribution in [0.15, 0.2) is 0 Å². The smallest absolute Gasteiger partial charge is 0.0689 e. The van der Waals surface area contributed by atoms with Crippen LogP contribution in [0.2, 0.25) is 0 Å². The summed E-state index contributed by atoms with van der Waals surface area (Å²) in [5.41, 5.74) is -0.102. The lowest BCUT2D eigenvalue weighted by atomic mass is 9.76. The Morgan fingerprint density at radius 1 is 1.50 bits per heavy atom. The molecule has 0 aliphatic carbocycles. The third kappa shape index (κ3) is 1.73. The standard InChI is InChI=1S/C9H17N/c1-5-8(3)9(4,6-2)7-10/h8H,5-6H2,1-4H3. The molecular formula is C9H17N. The van der Waals surface area contributed by atoms with Crippen molar-refractivity contribution in [3.05, 3.63) is 0 Å². The van der Waals surface area contributed by atoms with Crippen molar-refractivity contribution in [2.75, 3.05) is 0 Å². The van der Waals surface area contributed by atoms with Crippen molar-refractivity contribution in [2.45, 2.75) is 40.5 Å². The summed E-state index contributed by atoms with van der Waals surface area (Å²) in [4.78, 5) is 0. The van der Waals surface area contributed by atoms with Gasteiger partial charge < -0.3 is 0 Å². The van der Waals surface area contributed by atoms with Gasteiger partial charge in [-0.05, 0) is 19.3 Å². The van der Waals surface area contributed by atoms with Crippen molar-refractivity contribution in [3.63, 3.8) is 0 Å². The van der Waals surface area contributed by atoms with Crippen molar-refractivity contribution in [2.24, 2.45) is 11.3 Å². The van der Waals surface area contributed by atoms with Gasteiger partial charge >= 0.3 is 0 Å². The Morgan fingerprint density at radius 2 is 2.00 bits per heavy atom. The molecule has 1 nitrogen and oxygen atoms in total. The molecule has 0 aromatic rings. The number of rotatable bonds is 3. The molecule has 0 radical (unpaired) electrons. The minimum atomic E-state index is -0.102. The molecule has 1 heteroatoms. The summed E-state index contributed by atoms with van der Waals surface area (Å²) in [6.07, 6.45) is 2.05. The zero-order valence-electron chi connectivity index (χ0n) is 7.44. The molecule has 10 heavy (non-hydrogen) atoms. The molecule has 2 atom stereocenters. The summed E-state index contributed by atoms with van der Waals surface area (Å²) in [7, 11) is 0. The first-order valence-corrected chi connectivity index (χ1v) is 4.02. The van der Waals surface area contributed by atoms with Crippen LogP contribution in [0.3, 0.4) is 0 Å². The first-order valence-electron chi connectivity index (χ1n) is 4.02. The van der Waals surface area contributed by atoms with E-state index in [1.807, 2.05) is 6.92 Å². The Kier molecular flexibility index (Phi) is 3.42. The van der Waals surface area contributed by atoms with Crippen molar-refractivity contribution in [3.8, 4) is 6.07 Å². The minimum Gasteiger partial charge on any atom is -0.198 e. The third-order valence-corrected chi connectivity index (χ3v) is 2.69. The summed E-state index contributed by atoms with van der Waals surface area (Å²) in [5, 5.41) is 8.84. The second-order valence-corrected chi connectivity index (χ2v) is 3.19. The Balaban J connectivity index is 4.21. The monoisotopic (exact) mass is 139 g/mol. The van der Waals surface area contributed by atoms with Crippen LogP contribution in [0.4, 0.5) is 0 Å². The van der Waals surface area contributed by atoms with Gasteiger partial charge in [-0.2, -0.15) is 5.26 Å². The van der Waals surface area contributed by atoms with E-state index >= 15 is 0 Å². The SMILES string of the molecule is CCC(C)C(C)(C#N)CC. The molecule has 0 N–H and O–H groups in total. The molecule has 0 heterocycles. The molecule has 0 fully saturated rings. The topological polar surface area (TPSA) is 23.8 Å². The summed E-state index contributed by atoms with van der Waals surface area (Å²) in [6, 6.07) is 2.38. The van der Waals surface area contributed by atoms with E-state index in [-0.39, 0.29) is 5.41 Å². The van der Waals surface area contributed by atoms with Crippen LogP contribution in [0.1, 0.15) is 40.5 Å². The van der Waals surface area contributed by atoms with Gasteiger partial charge in [-0.3, -0.25) is 0 Å². The van der Waals surface area contributed by atoms with E-state index in [2.05, 4.69) is 26.8 Å². The van der Waals surface area contributed by atoms with E-state index in [1.54, 1.807) is 0 Å². The highest BCUT2D eigenvalue weighted by Crippen LogP contribution is 2.31. The predicted molar refractivity (Wildman–Crippen MR) is 43.5 cm³/mol. The summed E-state index contributed by atoms with van der Waals surface area (Å²) in [5.74, 6) is 0.516. The predicted octanol–water partition coefficient (Wildman–Crippen LogP) is 2.97. The summed E-state index contributed by atoms with van der Waals surface area (Å²) < 4.78 is 0. The highest BCUT2D eigenvalue weighted by Gasteiger charge is 2.27. The van der Waals surface area contributed by atoms with Crippen LogP contribution in [-0.2, 0) is 0 Å². The maximum absolute atomic E-state index is 8.84. The van der Waals surface area contributed by atoms with Crippen molar-refractivity contribution in [1.29, 1.82) is 5.26 Å². The second-order valence-electron chi connectivity index (χ2n) is 3.19. The molecule has 0 rings (SSSR count). The molecule has 0 amide bonds.